The normalized spacial score (nSPS) is 13.8. The molecule has 0 saturated carbocycles. The number of carbonyl (C=O) groups is 2. The fourth-order valence-corrected chi connectivity index (χ4v) is 2.11. The smallest absolute Gasteiger partial charge is 0.305 e. The van der Waals surface area contributed by atoms with E-state index in [2.05, 4.69) is 5.32 Å². The van der Waals surface area contributed by atoms with Gasteiger partial charge in [-0.05, 0) is 30.5 Å². The van der Waals surface area contributed by atoms with Gasteiger partial charge < -0.3 is 10.4 Å². The van der Waals surface area contributed by atoms with Crippen LogP contribution in [0.3, 0.4) is 0 Å². The number of rotatable bonds is 6. The maximum absolute atomic E-state index is 12.1. The Balaban J connectivity index is 2.74. The second-order valence-corrected chi connectivity index (χ2v) is 5.93. The Hall–Kier alpha value is -1.55. The van der Waals surface area contributed by atoms with Crippen molar-refractivity contribution < 1.29 is 14.7 Å². The van der Waals surface area contributed by atoms with E-state index >= 15 is 0 Å². The highest BCUT2D eigenvalue weighted by Gasteiger charge is 2.32. The Labute approximate surface area is 124 Å². The molecule has 1 aromatic rings. The Morgan fingerprint density at radius 3 is 2.55 bits per heavy atom. The molecule has 0 radical (unpaired) electrons. The number of hydrogen-bond donors (Lipinski definition) is 2. The van der Waals surface area contributed by atoms with Crippen molar-refractivity contribution in [1.29, 1.82) is 0 Å². The Bertz CT molecular complexity index is 502. The minimum Gasteiger partial charge on any atom is -0.481 e. The van der Waals surface area contributed by atoms with Crippen molar-refractivity contribution in [2.75, 3.05) is 0 Å². The first-order valence-corrected chi connectivity index (χ1v) is 6.88. The first kappa shape index (κ1) is 16.5. The lowest BCUT2D eigenvalue weighted by atomic mass is 9.85. The molecule has 2 N–H and O–H groups in total. The van der Waals surface area contributed by atoms with Gasteiger partial charge in [0, 0.05) is 10.6 Å². The SMILES string of the molecule is CC(C)C(C)(CC(=O)O)NC(=O)Cc1cccc(Cl)c1. The van der Waals surface area contributed by atoms with Crippen molar-refractivity contribution in [3.05, 3.63) is 34.9 Å². The van der Waals surface area contributed by atoms with E-state index in [0.717, 1.165) is 5.56 Å². The number of benzene rings is 1. The predicted molar refractivity (Wildman–Crippen MR) is 78.8 cm³/mol. The molecule has 5 heteroatoms. The third-order valence-corrected chi connectivity index (χ3v) is 3.71. The van der Waals surface area contributed by atoms with Gasteiger partial charge in [0.2, 0.25) is 5.91 Å². The highest BCUT2D eigenvalue weighted by molar-refractivity contribution is 6.30. The molecule has 4 nitrogen and oxygen atoms in total. The number of halogens is 1. The van der Waals surface area contributed by atoms with E-state index in [4.69, 9.17) is 16.7 Å². The van der Waals surface area contributed by atoms with Crippen molar-refractivity contribution >= 4 is 23.5 Å². The number of carbonyl (C=O) groups excluding carboxylic acids is 1. The lowest BCUT2D eigenvalue weighted by molar-refractivity contribution is -0.139. The number of carboxylic acid groups (broad SMARTS) is 1. The van der Waals surface area contributed by atoms with E-state index in [1.807, 2.05) is 19.9 Å². The molecule has 0 saturated heterocycles. The largest absolute Gasteiger partial charge is 0.481 e. The maximum Gasteiger partial charge on any atom is 0.305 e. The Kier molecular flexibility index (Phi) is 5.57. The van der Waals surface area contributed by atoms with Gasteiger partial charge in [-0.25, -0.2) is 0 Å². The van der Waals surface area contributed by atoms with E-state index < -0.39 is 11.5 Å². The summed E-state index contributed by atoms with van der Waals surface area (Å²) in [7, 11) is 0. The van der Waals surface area contributed by atoms with Crippen LogP contribution in [0.2, 0.25) is 5.02 Å². The molecule has 1 rings (SSSR count). The highest BCUT2D eigenvalue weighted by atomic mass is 35.5. The number of nitrogens with one attached hydrogen (secondary N) is 1. The zero-order valence-corrected chi connectivity index (χ0v) is 12.7. The number of amides is 1. The van der Waals surface area contributed by atoms with Gasteiger partial charge >= 0.3 is 5.97 Å². The van der Waals surface area contributed by atoms with Gasteiger partial charge in [-0.2, -0.15) is 0 Å². The van der Waals surface area contributed by atoms with Gasteiger partial charge in [-0.3, -0.25) is 9.59 Å². The summed E-state index contributed by atoms with van der Waals surface area (Å²) in [5, 5.41) is 12.4. The van der Waals surface area contributed by atoms with E-state index in [1.54, 1.807) is 25.1 Å². The Morgan fingerprint density at radius 1 is 1.40 bits per heavy atom. The van der Waals surface area contributed by atoms with Gasteiger partial charge in [0.1, 0.15) is 0 Å². The minimum absolute atomic E-state index is 0.0157. The topological polar surface area (TPSA) is 66.4 Å². The molecule has 0 spiro atoms. The summed E-state index contributed by atoms with van der Waals surface area (Å²) >= 11 is 5.87. The molecule has 1 atom stereocenters. The van der Waals surface area contributed by atoms with Crippen LogP contribution in [0.4, 0.5) is 0 Å². The highest BCUT2D eigenvalue weighted by Crippen LogP contribution is 2.21. The third kappa shape index (κ3) is 4.85. The van der Waals surface area contributed by atoms with Gasteiger partial charge in [0.05, 0.1) is 12.8 Å². The summed E-state index contributed by atoms with van der Waals surface area (Å²) < 4.78 is 0. The molecule has 0 bridgehead atoms. The van der Waals surface area contributed by atoms with Crippen LogP contribution in [0.15, 0.2) is 24.3 Å². The number of hydrogen-bond acceptors (Lipinski definition) is 2. The quantitative estimate of drug-likeness (QED) is 0.848. The van der Waals surface area contributed by atoms with Crippen LogP contribution in [0.1, 0.15) is 32.8 Å². The summed E-state index contributed by atoms with van der Waals surface area (Å²) in [5.74, 6) is -1.11. The second kappa shape index (κ2) is 6.75. The van der Waals surface area contributed by atoms with Crippen molar-refractivity contribution in [2.24, 2.45) is 5.92 Å². The molecule has 110 valence electrons. The van der Waals surface area contributed by atoms with Gasteiger partial charge in [-0.15, -0.1) is 0 Å². The van der Waals surface area contributed by atoms with Crippen molar-refractivity contribution in [1.82, 2.24) is 5.32 Å². The first-order chi connectivity index (χ1) is 9.23. The van der Waals surface area contributed by atoms with Crippen LogP contribution in [0.25, 0.3) is 0 Å². The van der Waals surface area contributed by atoms with E-state index in [-0.39, 0.29) is 24.7 Å². The Morgan fingerprint density at radius 2 is 2.05 bits per heavy atom. The molecule has 0 aliphatic heterocycles. The molecule has 0 fully saturated rings. The lowest BCUT2D eigenvalue weighted by Crippen LogP contribution is -2.51. The lowest BCUT2D eigenvalue weighted by Gasteiger charge is -2.33. The molecule has 1 aromatic carbocycles. The van der Waals surface area contributed by atoms with Crippen LogP contribution >= 0.6 is 11.6 Å². The predicted octanol–water partition coefficient (Wildman–Crippen LogP) is 2.89. The fraction of sp³-hybridized carbons (Fsp3) is 0.467. The van der Waals surface area contributed by atoms with Crippen molar-refractivity contribution in [2.45, 2.75) is 39.2 Å². The van der Waals surface area contributed by atoms with E-state index in [9.17, 15) is 9.59 Å². The van der Waals surface area contributed by atoms with Gasteiger partial charge in [0.25, 0.3) is 0 Å². The molecule has 0 aliphatic carbocycles. The van der Waals surface area contributed by atoms with Crippen LogP contribution in [-0.4, -0.2) is 22.5 Å². The van der Waals surface area contributed by atoms with Gasteiger partial charge in [0.15, 0.2) is 0 Å². The summed E-state index contributed by atoms with van der Waals surface area (Å²) in [4.78, 5) is 23.0. The van der Waals surface area contributed by atoms with E-state index in [1.165, 1.54) is 0 Å². The average Bonchev–Trinajstić information content (AvgIpc) is 2.26. The summed E-state index contributed by atoms with van der Waals surface area (Å²) in [6.45, 7) is 5.53. The summed E-state index contributed by atoms with van der Waals surface area (Å²) in [6, 6.07) is 7.07. The number of aliphatic carboxylic acids is 1. The zero-order valence-electron chi connectivity index (χ0n) is 11.9. The van der Waals surface area contributed by atoms with Crippen molar-refractivity contribution in [3.63, 3.8) is 0 Å². The fourth-order valence-electron chi connectivity index (χ4n) is 1.90. The average molecular weight is 298 g/mol. The van der Waals surface area contributed by atoms with Crippen LogP contribution < -0.4 is 5.32 Å². The zero-order chi connectivity index (χ0) is 15.3. The molecule has 20 heavy (non-hydrogen) atoms. The summed E-state index contributed by atoms with van der Waals surface area (Å²) in [5.41, 5.74) is 0.0398. The maximum atomic E-state index is 12.1. The molecule has 0 aliphatic rings. The molecule has 0 heterocycles. The molecule has 1 amide bonds. The number of carboxylic acids is 1. The molecule has 1 unspecified atom stereocenters. The van der Waals surface area contributed by atoms with Crippen molar-refractivity contribution in [3.8, 4) is 0 Å². The third-order valence-electron chi connectivity index (χ3n) is 3.47. The monoisotopic (exact) mass is 297 g/mol. The van der Waals surface area contributed by atoms with Crippen LogP contribution in [-0.2, 0) is 16.0 Å². The minimum atomic E-state index is -0.927. The second-order valence-electron chi connectivity index (χ2n) is 5.50. The van der Waals surface area contributed by atoms with E-state index in [0.29, 0.717) is 5.02 Å². The first-order valence-electron chi connectivity index (χ1n) is 6.50. The molecule has 0 aromatic heterocycles. The molecular formula is C15H20ClNO3. The van der Waals surface area contributed by atoms with Crippen LogP contribution in [0, 0.1) is 5.92 Å². The summed E-state index contributed by atoms with van der Waals surface area (Å²) in [6.07, 6.45) is 0.0778. The standard InChI is InChI=1S/C15H20ClNO3/c1-10(2)15(3,9-14(19)20)17-13(18)8-11-5-4-6-12(16)7-11/h4-7,10H,8-9H2,1-3H3,(H,17,18)(H,19,20). The van der Waals surface area contributed by atoms with Gasteiger partial charge in [-0.1, -0.05) is 37.6 Å². The molecular weight excluding hydrogens is 278 g/mol. The van der Waals surface area contributed by atoms with Crippen LogP contribution in [0.5, 0.6) is 0 Å².